The van der Waals surface area contributed by atoms with Gasteiger partial charge in [-0.1, -0.05) is 6.08 Å². The highest BCUT2D eigenvalue weighted by Crippen LogP contribution is 2.13. The number of nitrogens with one attached hydrogen (secondary N) is 2. The lowest BCUT2D eigenvalue weighted by Crippen LogP contribution is -2.43. The molecule has 1 atom stereocenters. The Hall–Kier alpha value is -1.78. The Morgan fingerprint density at radius 3 is 2.68 bits per heavy atom. The van der Waals surface area contributed by atoms with Gasteiger partial charge in [0.25, 0.3) is 0 Å². The molecule has 0 saturated carbocycles. The van der Waals surface area contributed by atoms with Gasteiger partial charge in [0, 0.05) is 32.4 Å². The molecule has 0 bridgehead atoms. The van der Waals surface area contributed by atoms with Crippen molar-refractivity contribution in [1.29, 1.82) is 0 Å². The lowest BCUT2D eigenvalue weighted by Gasteiger charge is -2.17. The van der Waals surface area contributed by atoms with Crippen molar-refractivity contribution in [3.8, 4) is 0 Å². The molecule has 1 unspecified atom stereocenters. The molecule has 19 heavy (non-hydrogen) atoms. The molecule has 1 aromatic rings. The molecule has 0 spiro atoms. The van der Waals surface area contributed by atoms with Gasteiger partial charge >= 0.3 is 0 Å². The average molecular weight is 263 g/mol. The molecule has 1 aromatic heterocycles. The van der Waals surface area contributed by atoms with Gasteiger partial charge in [0.15, 0.2) is 5.96 Å². The van der Waals surface area contributed by atoms with Crippen LogP contribution >= 0.6 is 0 Å². The number of rotatable bonds is 5. The number of guanidine groups is 1. The van der Waals surface area contributed by atoms with Crippen molar-refractivity contribution in [3.63, 3.8) is 0 Å². The number of hydrogen-bond acceptors (Lipinski definition) is 2. The Kier molecular flexibility index (Phi) is 5.60. The summed E-state index contributed by atoms with van der Waals surface area (Å²) < 4.78 is 1.93. The van der Waals surface area contributed by atoms with Crippen molar-refractivity contribution in [2.24, 2.45) is 12.0 Å². The monoisotopic (exact) mass is 263 g/mol. The zero-order valence-corrected chi connectivity index (χ0v) is 12.6. The van der Waals surface area contributed by atoms with E-state index < -0.39 is 0 Å². The summed E-state index contributed by atoms with van der Waals surface area (Å²) in [7, 11) is 3.75. The topological polar surface area (TPSA) is 54.2 Å². The van der Waals surface area contributed by atoms with Gasteiger partial charge in [0.05, 0.1) is 5.69 Å². The standard InChI is InChI=1S/C14H25N5/c1-7-8-16-14(15-5)17-10(2)9-13-11(3)18-19(6)12(13)4/h7,10H,1,8-9H2,2-6H3,(H2,15,16,17). The molecule has 0 aliphatic rings. The van der Waals surface area contributed by atoms with Gasteiger partial charge in [0.2, 0.25) is 0 Å². The minimum Gasteiger partial charge on any atom is -0.354 e. The predicted molar refractivity (Wildman–Crippen MR) is 80.5 cm³/mol. The third-order valence-electron chi connectivity index (χ3n) is 3.19. The van der Waals surface area contributed by atoms with Gasteiger partial charge in [-0.15, -0.1) is 6.58 Å². The quantitative estimate of drug-likeness (QED) is 0.478. The lowest BCUT2D eigenvalue weighted by atomic mass is 10.1. The van der Waals surface area contributed by atoms with Crippen molar-refractivity contribution in [1.82, 2.24) is 20.4 Å². The fraction of sp³-hybridized carbons (Fsp3) is 0.571. The Morgan fingerprint density at radius 1 is 1.53 bits per heavy atom. The highest BCUT2D eigenvalue weighted by molar-refractivity contribution is 5.80. The molecule has 106 valence electrons. The van der Waals surface area contributed by atoms with Crippen LogP contribution in [0.15, 0.2) is 17.6 Å². The summed E-state index contributed by atoms with van der Waals surface area (Å²) in [5.74, 6) is 0.798. The normalized spacial score (nSPS) is 13.2. The van der Waals surface area contributed by atoms with E-state index in [1.807, 2.05) is 17.8 Å². The fourth-order valence-electron chi connectivity index (χ4n) is 2.07. The van der Waals surface area contributed by atoms with E-state index in [0.29, 0.717) is 6.54 Å². The summed E-state index contributed by atoms with van der Waals surface area (Å²) >= 11 is 0. The van der Waals surface area contributed by atoms with E-state index in [-0.39, 0.29) is 6.04 Å². The van der Waals surface area contributed by atoms with Gasteiger partial charge in [-0.3, -0.25) is 9.67 Å². The van der Waals surface area contributed by atoms with Crippen molar-refractivity contribution in [2.45, 2.75) is 33.2 Å². The summed E-state index contributed by atoms with van der Waals surface area (Å²) in [4.78, 5) is 4.18. The van der Waals surface area contributed by atoms with E-state index in [1.165, 1.54) is 11.3 Å². The highest BCUT2D eigenvalue weighted by atomic mass is 15.3. The van der Waals surface area contributed by atoms with Gasteiger partial charge in [-0.05, 0) is 32.8 Å². The maximum absolute atomic E-state index is 4.44. The van der Waals surface area contributed by atoms with Crippen LogP contribution in [0, 0.1) is 13.8 Å². The van der Waals surface area contributed by atoms with Crippen LogP contribution in [0.25, 0.3) is 0 Å². The largest absolute Gasteiger partial charge is 0.354 e. The number of hydrogen-bond donors (Lipinski definition) is 2. The van der Waals surface area contributed by atoms with Gasteiger partial charge in [-0.2, -0.15) is 5.10 Å². The maximum atomic E-state index is 4.44. The number of aromatic nitrogens is 2. The first kappa shape index (κ1) is 15.3. The molecule has 2 N–H and O–H groups in total. The second-order valence-corrected chi connectivity index (χ2v) is 4.76. The third kappa shape index (κ3) is 4.12. The Balaban J connectivity index is 2.64. The fourth-order valence-corrected chi connectivity index (χ4v) is 2.07. The van der Waals surface area contributed by atoms with E-state index in [4.69, 9.17) is 0 Å². The Bertz CT molecular complexity index is 459. The van der Waals surface area contributed by atoms with Crippen LogP contribution in [-0.2, 0) is 13.5 Å². The first-order chi connectivity index (χ1) is 8.99. The third-order valence-corrected chi connectivity index (χ3v) is 3.19. The van der Waals surface area contributed by atoms with Crippen LogP contribution in [0.2, 0.25) is 0 Å². The van der Waals surface area contributed by atoms with Crippen LogP contribution in [-0.4, -0.2) is 35.4 Å². The van der Waals surface area contributed by atoms with E-state index in [2.05, 4.69) is 48.1 Å². The van der Waals surface area contributed by atoms with Crippen LogP contribution < -0.4 is 10.6 Å². The average Bonchev–Trinajstić information content (AvgIpc) is 2.61. The second-order valence-electron chi connectivity index (χ2n) is 4.76. The molecule has 1 heterocycles. The lowest BCUT2D eigenvalue weighted by molar-refractivity contribution is 0.640. The summed E-state index contributed by atoms with van der Waals surface area (Å²) in [5.41, 5.74) is 3.63. The van der Waals surface area contributed by atoms with Crippen molar-refractivity contribution in [3.05, 3.63) is 29.6 Å². The molecule has 0 aliphatic heterocycles. The number of aryl methyl sites for hydroxylation is 2. The predicted octanol–water partition coefficient (Wildman–Crippen LogP) is 1.32. The van der Waals surface area contributed by atoms with E-state index in [0.717, 1.165) is 18.1 Å². The van der Waals surface area contributed by atoms with Crippen molar-refractivity contribution < 1.29 is 0 Å². The second kappa shape index (κ2) is 6.97. The molecule has 0 aromatic carbocycles. The Labute approximate surface area is 115 Å². The molecular formula is C14H25N5. The van der Waals surface area contributed by atoms with E-state index in [9.17, 15) is 0 Å². The van der Waals surface area contributed by atoms with Crippen molar-refractivity contribution >= 4 is 5.96 Å². The van der Waals surface area contributed by atoms with E-state index >= 15 is 0 Å². The summed E-state index contributed by atoms with van der Waals surface area (Å²) in [6.45, 7) is 10.7. The molecule has 0 radical (unpaired) electrons. The van der Waals surface area contributed by atoms with E-state index in [1.54, 1.807) is 7.05 Å². The van der Waals surface area contributed by atoms with Gasteiger partial charge in [0.1, 0.15) is 0 Å². The zero-order chi connectivity index (χ0) is 14.4. The first-order valence-electron chi connectivity index (χ1n) is 6.56. The van der Waals surface area contributed by atoms with Crippen molar-refractivity contribution in [2.75, 3.05) is 13.6 Å². The smallest absolute Gasteiger partial charge is 0.191 e. The minimum absolute atomic E-state index is 0.289. The summed E-state index contributed by atoms with van der Waals surface area (Å²) in [6.07, 6.45) is 2.74. The highest BCUT2D eigenvalue weighted by Gasteiger charge is 2.13. The Morgan fingerprint density at radius 2 is 2.21 bits per heavy atom. The van der Waals surface area contributed by atoms with Gasteiger partial charge in [-0.25, -0.2) is 0 Å². The molecule has 0 fully saturated rings. The van der Waals surface area contributed by atoms with Crippen LogP contribution in [0.4, 0.5) is 0 Å². The molecule has 5 nitrogen and oxygen atoms in total. The van der Waals surface area contributed by atoms with Gasteiger partial charge < -0.3 is 10.6 Å². The SMILES string of the molecule is C=CCNC(=NC)NC(C)Cc1c(C)nn(C)c1C. The first-order valence-corrected chi connectivity index (χ1v) is 6.56. The zero-order valence-electron chi connectivity index (χ0n) is 12.6. The number of aliphatic imine (C=N–C) groups is 1. The molecule has 5 heteroatoms. The van der Waals surface area contributed by atoms with Crippen LogP contribution in [0.1, 0.15) is 23.9 Å². The minimum atomic E-state index is 0.289. The number of nitrogens with zero attached hydrogens (tertiary/aromatic N) is 3. The maximum Gasteiger partial charge on any atom is 0.191 e. The summed E-state index contributed by atoms with van der Waals surface area (Å²) in [6, 6.07) is 0.289. The molecule has 0 aliphatic carbocycles. The molecule has 0 amide bonds. The summed E-state index contributed by atoms with van der Waals surface area (Å²) in [5, 5.41) is 11.0. The van der Waals surface area contributed by atoms with Crippen LogP contribution in [0.3, 0.4) is 0 Å². The van der Waals surface area contributed by atoms with Crippen LogP contribution in [0.5, 0.6) is 0 Å². The molecule has 1 rings (SSSR count). The molecule has 0 saturated heterocycles. The molecular weight excluding hydrogens is 238 g/mol.